The summed E-state index contributed by atoms with van der Waals surface area (Å²) in [7, 11) is 3.16. The van der Waals surface area contributed by atoms with Crippen molar-refractivity contribution in [2.24, 2.45) is 10.7 Å². The average molecular weight is 308 g/mol. The summed E-state index contributed by atoms with van der Waals surface area (Å²) in [6.07, 6.45) is -0.484. The first-order valence-corrected chi connectivity index (χ1v) is 6.88. The Morgan fingerprint density at radius 2 is 2.05 bits per heavy atom. The van der Waals surface area contributed by atoms with Gasteiger partial charge in [-0.1, -0.05) is 0 Å². The van der Waals surface area contributed by atoms with E-state index in [1.165, 1.54) is 0 Å². The highest BCUT2D eigenvalue weighted by molar-refractivity contribution is 5.92. The van der Waals surface area contributed by atoms with Gasteiger partial charge in [0.2, 0.25) is 0 Å². The molecule has 0 unspecified atom stereocenters. The number of alkyl carbamates (subject to hydrolysis) is 1. The number of anilines is 1. The van der Waals surface area contributed by atoms with Gasteiger partial charge in [-0.15, -0.1) is 0 Å². The third-order valence-corrected chi connectivity index (χ3v) is 2.62. The maximum absolute atomic E-state index is 11.7. The number of ether oxygens (including phenoxy) is 2. The summed E-state index contributed by atoms with van der Waals surface area (Å²) in [5.41, 5.74) is 6.65. The van der Waals surface area contributed by atoms with E-state index in [9.17, 15) is 4.79 Å². The maximum Gasteiger partial charge on any atom is 0.407 e. The summed E-state index contributed by atoms with van der Waals surface area (Å²) in [5.74, 6) is 0.963. The maximum atomic E-state index is 11.7. The second-order valence-electron chi connectivity index (χ2n) is 5.62. The number of methoxy groups -OCH3 is 1. The topological polar surface area (TPSA) is 98.0 Å². The van der Waals surface area contributed by atoms with Crippen LogP contribution in [0.2, 0.25) is 0 Å². The van der Waals surface area contributed by atoms with E-state index in [1.54, 1.807) is 20.2 Å². The Labute approximate surface area is 130 Å². The van der Waals surface area contributed by atoms with Crippen molar-refractivity contribution >= 4 is 17.7 Å². The van der Waals surface area contributed by atoms with E-state index in [-0.39, 0.29) is 6.54 Å². The summed E-state index contributed by atoms with van der Waals surface area (Å²) in [6, 6.07) is 5.43. The molecule has 0 saturated heterocycles. The predicted octanol–water partition coefficient (Wildman–Crippen LogP) is 2.08. The Morgan fingerprint density at radius 3 is 2.59 bits per heavy atom. The lowest BCUT2D eigenvalue weighted by Crippen LogP contribution is -2.32. The lowest BCUT2D eigenvalue weighted by atomic mass is 10.1. The summed E-state index contributed by atoms with van der Waals surface area (Å²) >= 11 is 0. The predicted molar refractivity (Wildman–Crippen MR) is 87.2 cm³/mol. The van der Waals surface area contributed by atoms with Crippen LogP contribution in [-0.4, -0.2) is 31.8 Å². The van der Waals surface area contributed by atoms with Crippen LogP contribution >= 0.6 is 0 Å². The number of nitrogens with two attached hydrogens (primary N) is 1. The van der Waals surface area contributed by atoms with Gasteiger partial charge in [-0.3, -0.25) is 4.99 Å². The molecule has 0 radical (unpaired) electrons. The molecule has 7 heteroatoms. The van der Waals surface area contributed by atoms with E-state index in [4.69, 9.17) is 15.2 Å². The quantitative estimate of drug-likeness (QED) is 0.584. The molecule has 0 fully saturated rings. The van der Waals surface area contributed by atoms with Gasteiger partial charge in [0.05, 0.1) is 7.11 Å². The molecule has 22 heavy (non-hydrogen) atoms. The Balaban J connectivity index is 2.79. The number of nitrogens with zero attached hydrogens (tertiary/aromatic N) is 1. The van der Waals surface area contributed by atoms with Gasteiger partial charge < -0.3 is 25.8 Å². The number of nitrogens with one attached hydrogen (secondary N) is 2. The number of hydrogen-bond donors (Lipinski definition) is 3. The number of rotatable bonds is 4. The molecule has 1 rings (SSSR count). The van der Waals surface area contributed by atoms with Gasteiger partial charge in [-0.05, 0) is 39.0 Å². The highest BCUT2D eigenvalue weighted by atomic mass is 16.6. The minimum atomic E-state index is -0.538. The van der Waals surface area contributed by atoms with Crippen LogP contribution in [0.25, 0.3) is 0 Å². The molecule has 0 aliphatic carbocycles. The zero-order chi connectivity index (χ0) is 16.8. The highest BCUT2D eigenvalue weighted by Crippen LogP contribution is 2.22. The zero-order valence-corrected chi connectivity index (χ0v) is 13.7. The molecule has 0 bridgehead atoms. The van der Waals surface area contributed by atoms with Crippen molar-refractivity contribution in [3.8, 4) is 5.75 Å². The third kappa shape index (κ3) is 5.90. The zero-order valence-electron chi connectivity index (χ0n) is 13.7. The molecule has 1 aromatic carbocycles. The first-order valence-electron chi connectivity index (χ1n) is 6.88. The van der Waals surface area contributed by atoms with E-state index in [0.29, 0.717) is 11.7 Å². The number of guanidine groups is 1. The largest absolute Gasteiger partial charge is 0.496 e. The molecule has 1 aromatic rings. The molecule has 0 aliphatic heterocycles. The Morgan fingerprint density at radius 1 is 1.36 bits per heavy atom. The Hall–Kier alpha value is -2.44. The van der Waals surface area contributed by atoms with Crippen molar-refractivity contribution in [2.75, 3.05) is 19.5 Å². The van der Waals surface area contributed by atoms with E-state index >= 15 is 0 Å². The van der Waals surface area contributed by atoms with Gasteiger partial charge in [0, 0.05) is 24.8 Å². The van der Waals surface area contributed by atoms with E-state index in [2.05, 4.69) is 15.6 Å². The number of carbonyl (C=O) groups is 1. The summed E-state index contributed by atoms with van der Waals surface area (Å²) < 4.78 is 10.5. The molecule has 0 aliphatic rings. The van der Waals surface area contributed by atoms with Crippen molar-refractivity contribution in [3.63, 3.8) is 0 Å². The third-order valence-electron chi connectivity index (χ3n) is 2.62. The van der Waals surface area contributed by atoms with Crippen molar-refractivity contribution in [1.29, 1.82) is 0 Å². The van der Waals surface area contributed by atoms with Gasteiger partial charge >= 0.3 is 6.09 Å². The summed E-state index contributed by atoms with van der Waals surface area (Å²) in [5, 5.41) is 5.63. The molecule has 0 aromatic heterocycles. The van der Waals surface area contributed by atoms with Crippen molar-refractivity contribution in [1.82, 2.24) is 5.32 Å². The first-order chi connectivity index (χ1) is 10.2. The van der Waals surface area contributed by atoms with Crippen molar-refractivity contribution in [2.45, 2.75) is 32.9 Å². The fourth-order valence-electron chi connectivity index (χ4n) is 1.68. The van der Waals surface area contributed by atoms with Gasteiger partial charge in [-0.2, -0.15) is 0 Å². The number of benzene rings is 1. The SMILES string of the molecule is CN=C(N)Nc1ccc(OC)c(CNC(=O)OC(C)(C)C)c1. The van der Waals surface area contributed by atoms with Gasteiger partial charge in [-0.25, -0.2) is 4.79 Å². The van der Waals surface area contributed by atoms with Crippen LogP contribution in [0.5, 0.6) is 5.75 Å². The second kappa shape index (κ2) is 7.53. The van der Waals surface area contributed by atoms with Crippen LogP contribution in [0.4, 0.5) is 10.5 Å². The van der Waals surface area contributed by atoms with Crippen LogP contribution in [0.1, 0.15) is 26.3 Å². The monoisotopic (exact) mass is 308 g/mol. The van der Waals surface area contributed by atoms with Crippen LogP contribution in [0.15, 0.2) is 23.2 Å². The lowest BCUT2D eigenvalue weighted by molar-refractivity contribution is 0.0523. The molecular weight excluding hydrogens is 284 g/mol. The number of hydrogen-bond acceptors (Lipinski definition) is 4. The molecular formula is C15H24N4O3. The number of amides is 1. The first kappa shape index (κ1) is 17.6. The minimum Gasteiger partial charge on any atom is -0.496 e. The average Bonchev–Trinajstić information content (AvgIpc) is 2.43. The fraction of sp³-hybridized carbons (Fsp3) is 0.467. The lowest BCUT2D eigenvalue weighted by Gasteiger charge is -2.20. The van der Waals surface area contributed by atoms with E-state index in [0.717, 1.165) is 11.3 Å². The Kier molecular flexibility index (Phi) is 6.03. The highest BCUT2D eigenvalue weighted by Gasteiger charge is 2.16. The molecule has 0 atom stereocenters. The van der Waals surface area contributed by atoms with Gasteiger partial charge in [0.25, 0.3) is 0 Å². The van der Waals surface area contributed by atoms with Gasteiger partial charge in [0.1, 0.15) is 11.4 Å². The molecule has 0 heterocycles. The van der Waals surface area contributed by atoms with E-state index in [1.807, 2.05) is 32.9 Å². The molecule has 1 amide bonds. The summed E-state index contributed by atoms with van der Waals surface area (Å²) in [6.45, 7) is 5.70. The molecule has 4 N–H and O–H groups in total. The van der Waals surface area contributed by atoms with Crippen LogP contribution in [-0.2, 0) is 11.3 Å². The Bertz CT molecular complexity index is 550. The molecule has 0 spiro atoms. The number of carbonyl (C=O) groups excluding carboxylic acids is 1. The fourth-order valence-corrected chi connectivity index (χ4v) is 1.68. The summed E-state index contributed by atoms with van der Waals surface area (Å²) in [4.78, 5) is 15.5. The van der Waals surface area contributed by atoms with Gasteiger partial charge in [0.15, 0.2) is 5.96 Å². The number of aliphatic imine (C=N–C) groups is 1. The normalized spacial score (nSPS) is 11.8. The molecule has 7 nitrogen and oxygen atoms in total. The smallest absolute Gasteiger partial charge is 0.407 e. The van der Waals surface area contributed by atoms with Crippen LogP contribution < -0.4 is 21.1 Å². The van der Waals surface area contributed by atoms with Crippen molar-refractivity contribution < 1.29 is 14.3 Å². The van der Waals surface area contributed by atoms with Crippen LogP contribution in [0.3, 0.4) is 0 Å². The van der Waals surface area contributed by atoms with Crippen molar-refractivity contribution in [3.05, 3.63) is 23.8 Å². The molecule has 0 saturated carbocycles. The minimum absolute atomic E-state index is 0.275. The molecule has 122 valence electrons. The second-order valence-corrected chi connectivity index (χ2v) is 5.62. The van der Waals surface area contributed by atoms with Crippen LogP contribution in [0, 0.1) is 0 Å². The standard InChI is InChI=1S/C15H24N4O3/c1-15(2,3)22-14(20)18-9-10-8-11(19-13(16)17-4)6-7-12(10)21-5/h6-8H,9H2,1-5H3,(H,18,20)(H3,16,17,19). The van der Waals surface area contributed by atoms with E-state index < -0.39 is 11.7 Å².